The van der Waals surface area contributed by atoms with Crippen molar-refractivity contribution in [3.05, 3.63) is 72.2 Å². The molecular weight excluding hydrogens is 398 g/mol. The number of aliphatic hydroxyl groups excluding tert-OH is 3. The fourth-order valence-electron chi connectivity index (χ4n) is 3.09. The van der Waals surface area contributed by atoms with Gasteiger partial charge in [-0.05, 0) is 48.9 Å². The molecule has 9 nitrogen and oxygen atoms in total. The molecule has 0 saturated heterocycles. The number of imidazole rings is 1. The first-order chi connectivity index (χ1) is 15.0. The lowest BCUT2D eigenvalue weighted by atomic mass is 10.1. The summed E-state index contributed by atoms with van der Waals surface area (Å²) in [7, 11) is 0. The molecule has 4 aromatic rings. The van der Waals surface area contributed by atoms with Crippen LogP contribution in [-0.2, 0) is 0 Å². The van der Waals surface area contributed by atoms with E-state index >= 15 is 0 Å². The summed E-state index contributed by atoms with van der Waals surface area (Å²) in [5, 5.41) is 36.9. The number of hydrogen-bond acceptors (Lipinski definition) is 8. The van der Waals surface area contributed by atoms with Gasteiger partial charge in [-0.1, -0.05) is 12.1 Å². The largest absolute Gasteiger partial charge is 0.490 e. The molecule has 9 heteroatoms. The van der Waals surface area contributed by atoms with E-state index in [1.54, 1.807) is 35.1 Å². The van der Waals surface area contributed by atoms with E-state index in [-0.39, 0.29) is 13.2 Å². The van der Waals surface area contributed by atoms with Gasteiger partial charge >= 0.3 is 0 Å². The minimum Gasteiger partial charge on any atom is -0.490 e. The van der Waals surface area contributed by atoms with Crippen molar-refractivity contribution in [3.63, 3.8) is 0 Å². The Labute approximate surface area is 178 Å². The van der Waals surface area contributed by atoms with Gasteiger partial charge in [0.2, 0.25) is 0 Å². The molecule has 0 aliphatic rings. The predicted molar refractivity (Wildman–Crippen MR) is 115 cm³/mol. The number of aryl methyl sites for hydroxylation is 1. The van der Waals surface area contributed by atoms with Gasteiger partial charge in [0.05, 0.1) is 18.5 Å². The zero-order chi connectivity index (χ0) is 21.8. The Morgan fingerprint density at radius 3 is 2.74 bits per heavy atom. The van der Waals surface area contributed by atoms with Crippen molar-refractivity contribution in [3.8, 4) is 17.0 Å². The first-order valence-corrected chi connectivity index (χ1v) is 9.78. The standard InChI is InChI=1S/C22H23N5O4/c1-14-8-9-23-20(10-14)25-22(30)18-11-24-21-7-6-17(26-27(18)21)16-4-2-3-5-19(16)31-13-15(29)12-28/h2-11,15,22,28-30H,12-13H2,1H3,(H,23,25)/t15-,22?/m1/s1. The summed E-state index contributed by atoms with van der Waals surface area (Å²) in [4.78, 5) is 8.53. The lowest BCUT2D eigenvalue weighted by Gasteiger charge is -2.15. The van der Waals surface area contributed by atoms with Gasteiger partial charge in [-0.15, -0.1) is 0 Å². The second kappa shape index (κ2) is 9.09. The van der Waals surface area contributed by atoms with Crippen LogP contribution in [0, 0.1) is 6.92 Å². The predicted octanol–water partition coefficient (Wildman–Crippen LogP) is 1.93. The van der Waals surface area contributed by atoms with E-state index in [4.69, 9.17) is 9.84 Å². The SMILES string of the molecule is Cc1ccnc(NC(O)c2cnc3ccc(-c4ccccc4OC[C@H](O)CO)nn23)c1. The fourth-order valence-corrected chi connectivity index (χ4v) is 3.09. The first-order valence-electron chi connectivity index (χ1n) is 9.78. The zero-order valence-corrected chi connectivity index (χ0v) is 16.9. The van der Waals surface area contributed by atoms with Gasteiger partial charge < -0.3 is 25.4 Å². The molecule has 160 valence electrons. The number of pyridine rings is 1. The number of rotatable bonds is 8. The van der Waals surface area contributed by atoms with Gasteiger partial charge in [0, 0.05) is 11.8 Å². The van der Waals surface area contributed by atoms with Crippen LogP contribution < -0.4 is 10.1 Å². The highest BCUT2D eigenvalue weighted by atomic mass is 16.5. The molecule has 0 fully saturated rings. The summed E-state index contributed by atoms with van der Waals surface area (Å²) >= 11 is 0. The van der Waals surface area contributed by atoms with E-state index in [2.05, 4.69) is 20.4 Å². The van der Waals surface area contributed by atoms with E-state index in [0.29, 0.717) is 34.2 Å². The Morgan fingerprint density at radius 2 is 1.94 bits per heavy atom. The molecule has 3 aromatic heterocycles. The second-order valence-electron chi connectivity index (χ2n) is 7.08. The lowest BCUT2D eigenvalue weighted by Crippen LogP contribution is -2.21. The Hall–Kier alpha value is -3.53. The van der Waals surface area contributed by atoms with Crippen molar-refractivity contribution in [1.29, 1.82) is 0 Å². The number of hydrogen-bond donors (Lipinski definition) is 4. The van der Waals surface area contributed by atoms with E-state index in [9.17, 15) is 10.2 Å². The molecule has 0 radical (unpaired) electrons. The molecular formula is C22H23N5O4. The van der Waals surface area contributed by atoms with Crippen LogP contribution in [0.15, 0.2) is 60.9 Å². The molecule has 1 unspecified atom stereocenters. The molecule has 4 N–H and O–H groups in total. The van der Waals surface area contributed by atoms with Crippen LogP contribution >= 0.6 is 0 Å². The number of nitrogens with one attached hydrogen (secondary N) is 1. The van der Waals surface area contributed by atoms with Crippen molar-refractivity contribution in [1.82, 2.24) is 19.6 Å². The van der Waals surface area contributed by atoms with Gasteiger partial charge in [0.15, 0.2) is 11.9 Å². The van der Waals surface area contributed by atoms with E-state index in [0.717, 1.165) is 5.56 Å². The van der Waals surface area contributed by atoms with Gasteiger partial charge in [-0.3, -0.25) is 0 Å². The topological polar surface area (TPSA) is 125 Å². The Balaban J connectivity index is 1.65. The summed E-state index contributed by atoms with van der Waals surface area (Å²) in [6.07, 6.45) is 1.18. The van der Waals surface area contributed by atoms with Crippen molar-refractivity contribution in [2.75, 3.05) is 18.5 Å². The molecule has 0 spiro atoms. The number of ether oxygens (including phenoxy) is 1. The van der Waals surface area contributed by atoms with E-state index in [1.165, 1.54) is 0 Å². The maximum Gasteiger partial charge on any atom is 0.170 e. The van der Waals surface area contributed by atoms with Crippen LogP contribution in [0.25, 0.3) is 16.9 Å². The van der Waals surface area contributed by atoms with Gasteiger partial charge in [-0.2, -0.15) is 5.10 Å². The van der Waals surface area contributed by atoms with E-state index < -0.39 is 12.3 Å². The third-order valence-electron chi connectivity index (χ3n) is 4.67. The number of nitrogens with zero attached hydrogens (tertiary/aromatic N) is 4. The second-order valence-corrected chi connectivity index (χ2v) is 7.08. The minimum absolute atomic E-state index is 0.0434. The summed E-state index contributed by atoms with van der Waals surface area (Å²) in [5.41, 5.74) is 3.35. The minimum atomic E-state index is -1.07. The van der Waals surface area contributed by atoms with Crippen LogP contribution in [0.2, 0.25) is 0 Å². The normalized spacial score (nSPS) is 13.2. The Bertz CT molecular complexity index is 1180. The number of anilines is 1. The molecule has 0 aliphatic heterocycles. The van der Waals surface area contributed by atoms with Crippen molar-refractivity contribution in [2.24, 2.45) is 0 Å². The number of aromatic nitrogens is 4. The molecule has 3 heterocycles. The monoisotopic (exact) mass is 421 g/mol. The highest BCUT2D eigenvalue weighted by Crippen LogP contribution is 2.29. The molecule has 4 rings (SSSR count). The average molecular weight is 421 g/mol. The molecule has 2 atom stereocenters. The van der Waals surface area contributed by atoms with Crippen LogP contribution in [0.3, 0.4) is 0 Å². The summed E-state index contributed by atoms with van der Waals surface area (Å²) < 4.78 is 7.22. The molecule has 31 heavy (non-hydrogen) atoms. The van der Waals surface area contributed by atoms with Gasteiger partial charge in [-0.25, -0.2) is 14.5 Å². The number of benzene rings is 1. The Morgan fingerprint density at radius 1 is 1.10 bits per heavy atom. The lowest BCUT2D eigenvalue weighted by molar-refractivity contribution is 0.0538. The van der Waals surface area contributed by atoms with Gasteiger partial charge in [0.25, 0.3) is 0 Å². The molecule has 1 aromatic carbocycles. The Kier molecular flexibility index (Phi) is 6.08. The highest BCUT2D eigenvalue weighted by molar-refractivity contribution is 5.67. The molecule has 0 saturated carbocycles. The van der Waals surface area contributed by atoms with Crippen LogP contribution in [-0.4, -0.2) is 54.2 Å². The number of fused-ring (bicyclic) bond motifs is 1. The van der Waals surface area contributed by atoms with Crippen LogP contribution in [0.5, 0.6) is 5.75 Å². The molecule has 0 aliphatic carbocycles. The van der Waals surface area contributed by atoms with E-state index in [1.807, 2.05) is 37.3 Å². The molecule has 0 amide bonds. The highest BCUT2D eigenvalue weighted by Gasteiger charge is 2.17. The molecule has 0 bridgehead atoms. The van der Waals surface area contributed by atoms with Crippen molar-refractivity contribution < 1.29 is 20.1 Å². The smallest absolute Gasteiger partial charge is 0.170 e. The zero-order valence-electron chi connectivity index (χ0n) is 16.9. The fraction of sp³-hybridized carbons (Fsp3) is 0.227. The average Bonchev–Trinajstić information content (AvgIpc) is 3.21. The first kappa shape index (κ1) is 20.7. The van der Waals surface area contributed by atoms with Crippen LogP contribution in [0.4, 0.5) is 5.82 Å². The van der Waals surface area contributed by atoms with Crippen LogP contribution in [0.1, 0.15) is 17.5 Å². The maximum atomic E-state index is 10.7. The number of aliphatic hydroxyl groups is 3. The quantitative estimate of drug-likeness (QED) is 0.318. The summed E-state index contributed by atoms with van der Waals surface area (Å²) in [6, 6.07) is 14.6. The van der Waals surface area contributed by atoms with Gasteiger partial charge in [0.1, 0.15) is 30.0 Å². The third-order valence-corrected chi connectivity index (χ3v) is 4.67. The van der Waals surface area contributed by atoms with Crippen molar-refractivity contribution in [2.45, 2.75) is 19.3 Å². The summed E-state index contributed by atoms with van der Waals surface area (Å²) in [6.45, 7) is 1.52. The summed E-state index contributed by atoms with van der Waals surface area (Å²) in [5.74, 6) is 1.06. The van der Waals surface area contributed by atoms with Crippen molar-refractivity contribution >= 4 is 11.5 Å². The third kappa shape index (κ3) is 4.64. The maximum absolute atomic E-state index is 10.7. The number of para-hydroxylation sites is 1.